The molecule has 1 saturated heterocycles. The number of likely N-dealkylation sites (tertiary alicyclic amines) is 1. The second-order valence-electron chi connectivity index (χ2n) is 13.5. The Kier molecular flexibility index (Phi) is 19.1. The van der Waals surface area contributed by atoms with Crippen molar-refractivity contribution in [3.8, 4) is 0 Å². The van der Waals surface area contributed by atoms with Gasteiger partial charge in [0.1, 0.15) is 36.3 Å². The molecule has 1 aliphatic rings. The molecule has 1 fully saturated rings. The maximum Gasteiger partial charge on any atom is 0.326 e. The number of hydrogen-bond donors (Lipinski definition) is 10. The lowest BCUT2D eigenvalue weighted by Crippen LogP contribution is -2.60. The fourth-order valence-corrected chi connectivity index (χ4v) is 5.49. The van der Waals surface area contributed by atoms with Crippen LogP contribution < -0.4 is 43.8 Å². The standard InChI is InChI=1S/C32H57N9O10/c1-16(2)13-19(34)26(44)38-21(14-24(35)43)27(45)39-22(15-42)28(46)36-18(5)31(49)41-12-8-10-23(41)29(47)40-25(17(3)4)30(48)37-20(32(50)51)9-6-7-11-33/h16-23,25,42H,6-15,33-34H2,1-5H3,(H2,35,43)(H,36,46)(H,37,48)(H,38,44)(H,39,45)(H,40,47)(H,50,51). The minimum atomic E-state index is -1.60. The highest BCUT2D eigenvalue weighted by molar-refractivity contribution is 5.98. The summed E-state index contributed by atoms with van der Waals surface area (Å²) in [6, 6.07) is -8.60. The van der Waals surface area contributed by atoms with E-state index < -0.39 is 109 Å². The van der Waals surface area contributed by atoms with E-state index in [0.717, 1.165) is 0 Å². The van der Waals surface area contributed by atoms with E-state index >= 15 is 0 Å². The first-order valence-corrected chi connectivity index (χ1v) is 17.2. The number of nitrogens with zero attached hydrogens (tertiary/aromatic N) is 1. The highest BCUT2D eigenvalue weighted by Crippen LogP contribution is 2.19. The van der Waals surface area contributed by atoms with Crippen molar-refractivity contribution in [3.05, 3.63) is 0 Å². The second kappa shape index (κ2) is 21.8. The molecule has 1 heterocycles. The summed E-state index contributed by atoms with van der Waals surface area (Å²) in [5.74, 6) is -7.20. The van der Waals surface area contributed by atoms with Gasteiger partial charge in [0.05, 0.1) is 19.1 Å². The molecule has 0 aromatic rings. The molecular formula is C32H57N9O10. The summed E-state index contributed by atoms with van der Waals surface area (Å²) in [5.41, 5.74) is 16.6. The molecule has 19 heteroatoms. The van der Waals surface area contributed by atoms with Crippen LogP contribution in [-0.4, -0.2) is 124 Å². The van der Waals surface area contributed by atoms with Crippen molar-refractivity contribution >= 4 is 47.3 Å². The van der Waals surface area contributed by atoms with Crippen LogP contribution in [0.3, 0.4) is 0 Å². The van der Waals surface area contributed by atoms with Crippen molar-refractivity contribution in [2.45, 2.75) is 122 Å². The van der Waals surface area contributed by atoms with Gasteiger partial charge in [-0.3, -0.25) is 33.6 Å². The van der Waals surface area contributed by atoms with Gasteiger partial charge in [-0.2, -0.15) is 0 Å². The molecule has 0 aromatic carbocycles. The summed E-state index contributed by atoms with van der Waals surface area (Å²) in [7, 11) is 0. The van der Waals surface area contributed by atoms with E-state index in [0.29, 0.717) is 32.2 Å². The van der Waals surface area contributed by atoms with Gasteiger partial charge < -0.3 is 58.9 Å². The highest BCUT2D eigenvalue weighted by Gasteiger charge is 2.39. The number of aliphatic hydroxyl groups is 1. The maximum atomic E-state index is 13.4. The zero-order chi connectivity index (χ0) is 39.0. The highest BCUT2D eigenvalue weighted by atomic mass is 16.4. The van der Waals surface area contributed by atoms with E-state index in [1.165, 1.54) is 11.8 Å². The van der Waals surface area contributed by atoms with Crippen LogP contribution in [0.1, 0.15) is 79.6 Å². The summed E-state index contributed by atoms with van der Waals surface area (Å²) in [6.07, 6.45) is 1.58. The Morgan fingerprint density at radius 2 is 1.39 bits per heavy atom. The fraction of sp³-hybridized carbons (Fsp3) is 0.750. The monoisotopic (exact) mass is 727 g/mol. The van der Waals surface area contributed by atoms with Crippen LogP contribution in [-0.2, 0) is 38.4 Å². The van der Waals surface area contributed by atoms with E-state index in [1.54, 1.807) is 13.8 Å². The average Bonchev–Trinajstić information content (AvgIpc) is 3.54. The molecular weight excluding hydrogens is 670 g/mol. The minimum Gasteiger partial charge on any atom is -0.480 e. The van der Waals surface area contributed by atoms with Crippen LogP contribution in [0, 0.1) is 11.8 Å². The predicted octanol–water partition coefficient (Wildman–Crippen LogP) is -3.47. The zero-order valence-corrected chi connectivity index (χ0v) is 30.1. The molecule has 51 heavy (non-hydrogen) atoms. The number of carbonyl (C=O) groups is 8. The quantitative estimate of drug-likeness (QED) is 0.0487. The first kappa shape index (κ1) is 44.7. The van der Waals surface area contributed by atoms with E-state index in [-0.39, 0.29) is 25.3 Å². The largest absolute Gasteiger partial charge is 0.480 e. The summed E-state index contributed by atoms with van der Waals surface area (Å²) in [4.78, 5) is 103. The van der Waals surface area contributed by atoms with Crippen molar-refractivity contribution in [3.63, 3.8) is 0 Å². The molecule has 0 bridgehead atoms. The average molecular weight is 728 g/mol. The summed E-state index contributed by atoms with van der Waals surface area (Å²) < 4.78 is 0. The Morgan fingerprint density at radius 1 is 0.804 bits per heavy atom. The molecule has 0 spiro atoms. The Hall–Kier alpha value is -4.36. The number of aliphatic hydroxyl groups excluding tert-OH is 1. The van der Waals surface area contributed by atoms with Crippen LogP contribution in [0.2, 0.25) is 0 Å². The van der Waals surface area contributed by atoms with E-state index in [1.807, 2.05) is 13.8 Å². The molecule has 0 saturated carbocycles. The van der Waals surface area contributed by atoms with Crippen molar-refractivity contribution in [2.75, 3.05) is 19.7 Å². The van der Waals surface area contributed by atoms with Gasteiger partial charge in [0.25, 0.3) is 0 Å². The van der Waals surface area contributed by atoms with Crippen LogP contribution in [0.25, 0.3) is 0 Å². The smallest absolute Gasteiger partial charge is 0.326 e. The lowest BCUT2D eigenvalue weighted by molar-refractivity contribution is -0.144. The van der Waals surface area contributed by atoms with E-state index in [9.17, 15) is 48.6 Å². The van der Waals surface area contributed by atoms with E-state index in [2.05, 4.69) is 26.6 Å². The maximum absolute atomic E-state index is 13.4. The van der Waals surface area contributed by atoms with Gasteiger partial charge >= 0.3 is 5.97 Å². The number of primary amides is 1. The van der Waals surface area contributed by atoms with Gasteiger partial charge in [-0.1, -0.05) is 27.7 Å². The molecule has 0 aromatic heterocycles. The lowest BCUT2D eigenvalue weighted by atomic mass is 10.0. The lowest BCUT2D eigenvalue weighted by Gasteiger charge is -2.30. The molecule has 0 aliphatic carbocycles. The molecule has 19 nitrogen and oxygen atoms in total. The van der Waals surface area contributed by atoms with Gasteiger partial charge in [0.15, 0.2) is 0 Å². The molecule has 290 valence electrons. The number of rotatable bonds is 22. The number of nitrogens with two attached hydrogens (primary N) is 3. The summed E-state index contributed by atoms with van der Waals surface area (Å²) >= 11 is 0. The molecule has 7 unspecified atom stereocenters. The Morgan fingerprint density at radius 3 is 1.92 bits per heavy atom. The van der Waals surface area contributed by atoms with E-state index in [4.69, 9.17) is 17.2 Å². The van der Waals surface area contributed by atoms with Gasteiger partial charge in [0, 0.05) is 6.54 Å². The molecule has 7 amide bonds. The molecule has 1 aliphatic heterocycles. The topological polar surface area (TPSA) is 318 Å². The predicted molar refractivity (Wildman–Crippen MR) is 184 cm³/mol. The van der Waals surface area contributed by atoms with Crippen LogP contribution in [0.5, 0.6) is 0 Å². The third-order valence-corrected chi connectivity index (χ3v) is 8.29. The number of carboxylic acid groups (broad SMARTS) is 1. The first-order valence-electron chi connectivity index (χ1n) is 17.2. The van der Waals surface area contributed by atoms with Crippen molar-refractivity contribution in [1.29, 1.82) is 0 Å². The van der Waals surface area contributed by atoms with Gasteiger partial charge in [0.2, 0.25) is 41.4 Å². The van der Waals surface area contributed by atoms with Crippen LogP contribution >= 0.6 is 0 Å². The van der Waals surface area contributed by atoms with Gasteiger partial charge in [-0.15, -0.1) is 0 Å². The third-order valence-electron chi connectivity index (χ3n) is 8.29. The summed E-state index contributed by atoms with van der Waals surface area (Å²) in [5, 5.41) is 31.5. The molecule has 1 rings (SSSR count). The van der Waals surface area contributed by atoms with Crippen LogP contribution in [0.15, 0.2) is 0 Å². The molecule has 7 atom stereocenters. The molecule has 13 N–H and O–H groups in total. The number of aliphatic carboxylic acids is 1. The number of hydrogen-bond acceptors (Lipinski definition) is 11. The number of amides is 7. The Balaban J connectivity index is 2.95. The molecule has 0 radical (unpaired) electrons. The Bertz CT molecular complexity index is 1250. The summed E-state index contributed by atoms with van der Waals surface area (Å²) in [6.45, 7) is 7.99. The van der Waals surface area contributed by atoms with Crippen molar-refractivity contribution < 1.29 is 48.6 Å². The Labute approximate surface area is 297 Å². The normalized spacial score (nSPS) is 17.8. The van der Waals surface area contributed by atoms with Gasteiger partial charge in [-0.25, -0.2) is 4.79 Å². The van der Waals surface area contributed by atoms with Crippen molar-refractivity contribution in [2.24, 2.45) is 29.0 Å². The minimum absolute atomic E-state index is 0.0605. The van der Waals surface area contributed by atoms with Gasteiger partial charge in [-0.05, 0) is 63.8 Å². The fourth-order valence-electron chi connectivity index (χ4n) is 5.49. The number of nitrogens with one attached hydrogen (secondary N) is 5. The second-order valence-corrected chi connectivity index (χ2v) is 13.5. The first-order chi connectivity index (χ1) is 23.8. The number of unbranched alkanes of at least 4 members (excludes halogenated alkanes) is 1. The van der Waals surface area contributed by atoms with Crippen LogP contribution in [0.4, 0.5) is 0 Å². The SMILES string of the molecule is CC(C)CC(N)C(=O)NC(CC(N)=O)C(=O)NC(CO)C(=O)NC(C)C(=O)N1CCCC1C(=O)NC(C(=O)NC(CCCCN)C(=O)O)C(C)C. The number of carbonyl (C=O) groups excluding carboxylic acids is 7. The van der Waals surface area contributed by atoms with Crippen molar-refractivity contribution in [1.82, 2.24) is 31.5 Å². The number of carboxylic acids is 1. The zero-order valence-electron chi connectivity index (χ0n) is 30.1. The third kappa shape index (κ3) is 14.8.